The summed E-state index contributed by atoms with van der Waals surface area (Å²) in [5.74, 6) is -0.0714. The number of amides is 1. The Labute approximate surface area is 168 Å². The number of hydrogen-bond donors (Lipinski definition) is 1. The second-order valence-electron chi connectivity index (χ2n) is 7.14. The summed E-state index contributed by atoms with van der Waals surface area (Å²) in [6.45, 7) is 13.8. The number of carbonyl (C=O) groups excluding carboxylic acids is 1. The van der Waals surface area contributed by atoms with E-state index in [-0.39, 0.29) is 5.91 Å². The van der Waals surface area contributed by atoms with Crippen LogP contribution in [0.5, 0.6) is 0 Å². The summed E-state index contributed by atoms with van der Waals surface area (Å²) in [4.78, 5) is 19.7. The van der Waals surface area contributed by atoms with Crippen LogP contribution in [0.4, 0.5) is 17.1 Å². The van der Waals surface area contributed by atoms with E-state index in [1.165, 1.54) is 11.4 Å². The molecule has 5 nitrogen and oxygen atoms in total. The first-order chi connectivity index (χ1) is 13.6. The van der Waals surface area contributed by atoms with E-state index >= 15 is 0 Å². The third-order valence-corrected chi connectivity index (χ3v) is 5.57. The topological polar surface area (TPSA) is 38.8 Å². The Morgan fingerprint density at radius 1 is 0.893 bits per heavy atom. The SMILES string of the molecule is CCN1CCN(c2ccc(C(=O)Nc3ccc(N(CC)CC)cc3)cc2)CC1. The summed E-state index contributed by atoms with van der Waals surface area (Å²) in [5.41, 5.74) is 3.87. The van der Waals surface area contributed by atoms with Gasteiger partial charge in [-0.3, -0.25) is 4.79 Å². The molecule has 28 heavy (non-hydrogen) atoms. The predicted molar refractivity (Wildman–Crippen MR) is 119 cm³/mol. The van der Waals surface area contributed by atoms with Crippen molar-refractivity contribution in [1.82, 2.24) is 4.90 Å². The molecule has 0 atom stereocenters. The molecule has 1 heterocycles. The van der Waals surface area contributed by atoms with E-state index in [2.05, 4.69) is 65.1 Å². The van der Waals surface area contributed by atoms with Crippen LogP contribution in [0.3, 0.4) is 0 Å². The lowest BCUT2D eigenvalue weighted by Crippen LogP contribution is -2.46. The minimum Gasteiger partial charge on any atom is -0.372 e. The zero-order valence-electron chi connectivity index (χ0n) is 17.3. The van der Waals surface area contributed by atoms with Gasteiger partial charge in [0.2, 0.25) is 0 Å². The number of rotatable bonds is 7. The Kier molecular flexibility index (Phi) is 6.93. The van der Waals surface area contributed by atoms with Crippen molar-refractivity contribution < 1.29 is 4.79 Å². The van der Waals surface area contributed by atoms with Crippen molar-refractivity contribution in [1.29, 1.82) is 0 Å². The summed E-state index contributed by atoms with van der Waals surface area (Å²) < 4.78 is 0. The minimum absolute atomic E-state index is 0.0714. The maximum Gasteiger partial charge on any atom is 0.255 e. The molecular formula is C23H32N4O. The quantitative estimate of drug-likeness (QED) is 0.790. The van der Waals surface area contributed by atoms with Gasteiger partial charge >= 0.3 is 0 Å². The van der Waals surface area contributed by atoms with E-state index in [0.29, 0.717) is 5.56 Å². The largest absolute Gasteiger partial charge is 0.372 e. The van der Waals surface area contributed by atoms with Crippen LogP contribution in [0.2, 0.25) is 0 Å². The number of hydrogen-bond acceptors (Lipinski definition) is 4. The molecule has 0 spiro atoms. The summed E-state index contributed by atoms with van der Waals surface area (Å²) in [6.07, 6.45) is 0. The Morgan fingerprint density at radius 3 is 2.04 bits per heavy atom. The lowest BCUT2D eigenvalue weighted by atomic mass is 10.1. The second-order valence-corrected chi connectivity index (χ2v) is 7.14. The molecule has 5 heteroatoms. The smallest absolute Gasteiger partial charge is 0.255 e. The third-order valence-electron chi connectivity index (χ3n) is 5.57. The lowest BCUT2D eigenvalue weighted by molar-refractivity contribution is 0.102. The number of anilines is 3. The number of likely N-dealkylation sites (N-methyl/N-ethyl adjacent to an activating group) is 1. The molecular weight excluding hydrogens is 348 g/mol. The molecule has 150 valence electrons. The molecule has 1 fully saturated rings. The summed E-state index contributed by atoms with van der Waals surface area (Å²) in [6, 6.07) is 16.0. The van der Waals surface area contributed by atoms with Gasteiger partial charge in [0, 0.05) is 61.9 Å². The van der Waals surface area contributed by atoms with Crippen LogP contribution < -0.4 is 15.1 Å². The number of carbonyl (C=O) groups is 1. The van der Waals surface area contributed by atoms with Crippen molar-refractivity contribution in [2.75, 3.05) is 60.9 Å². The number of piperazine rings is 1. The van der Waals surface area contributed by atoms with Crippen LogP contribution in [0, 0.1) is 0 Å². The summed E-state index contributed by atoms with van der Waals surface area (Å²) in [5, 5.41) is 3.00. The molecule has 1 amide bonds. The monoisotopic (exact) mass is 380 g/mol. The van der Waals surface area contributed by atoms with Crippen molar-refractivity contribution in [3.8, 4) is 0 Å². The Balaban J connectivity index is 1.59. The molecule has 2 aromatic carbocycles. The van der Waals surface area contributed by atoms with E-state index in [9.17, 15) is 4.79 Å². The van der Waals surface area contributed by atoms with Gasteiger partial charge in [0.05, 0.1) is 0 Å². The maximum absolute atomic E-state index is 12.6. The van der Waals surface area contributed by atoms with Gasteiger partial charge in [-0.15, -0.1) is 0 Å². The zero-order chi connectivity index (χ0) is 19.9. The van der Waals surface area contributed by atoms with E-state index in [1.54, 1.807) is 0 Å². The Morgan fingerprint density at radius 2 is 1.50 bits per heavy atom. The highest BCUT2D eigenvalue weighted by molar-refractivity contribution is 6.04. The first-order valence-electron chi connectivity index (χ1n) is 10.4. The standard InChI is InChI=1S/C23H32N4O/c1-4-25-15-17-27(18-16-25)22-11-7-19(8-12-22)23(28)24-20-9-13-21(14-10-20)26(5-2)6-3/h7-14H,4-6,15-18H2,1-3H3,(H,24,28). The first kappa shape index (κ1) is 20.2. The normalized spacial score (nSPS) is 14.8. The summed E-state index contributed by atoms with van der Waals surface area (Å²) in [7, 11) is 0. The summed E-state index contributed by atoms with van der Waals surface area (Å²) >= 11 is 0. The van der Waals surface area contributed by atoms with Crippen LogP contribution in [0.1, 0.15) is 31.1 Å². The van der Waals surface area contributed by atoms with Gasteiger partial charge in [0.25, 0.3) is 5.91 Å². The molecule has 1 saturated heterocycles. The third kappa shape index (κ3) is 4.84. The average Bonchev–Trinajstić information content (AvgIpc) is 2.76. The molecule has 1 aliphatic rings. The Bertz CT molecular complexity index is 745. The van der Waals surface area contributed by atoms with E-state index < -0.39 is 0 Å². The number of nitrogens with one attached hydrogen (secondary N) is 1. The van der Waals surface area contributed by atoms with Crippen LogP contribution in [0.25, 0.3) is 0 Å². The second kappa shape index (κ2) is 9.60. The minimum atomic E-state index is -0.0714. The van der Waals surface area contributed by atoms with Gasteiger partial charge in [-0.2, -0.15) is 0 Å². The average molecular weight is 381 g/mol. The van der Waals surface area contributed by atoms with Crippen LogP contribution in [-0.4, -0.2) is 56.6 Å². The first-order valence-corrected chi connectivity index (χ1v) is 10.4. The Hall–Kier alpha value is -2.53. The fourth-order valence-corrected chi connectivity index (χ4v) is 3.69. The highest BCUT2D eigenvalue weighted by atomic mass is 16.1. The van der Waals surface area contributed by atoms with Gasteiger partial charge < -0.3 is 20.0 Å². The van der Waals surface area contributed by atoms with Gasteiger partial charge in [-0.1, -0.05) is 6.92 Å². The predicted octanol–water partition coefficient (Wildman–Crippen LogP) is 3.93. The zero-order valence-corrected chi connectivity index (χ0v) is 17.3. The molecule has 1 N–H and O–H groups in total. The van der Waals surface area contributed by atoms with Crippen molar-refractivity contribution in [2.45, 2.75) is 20.8 Å². The maximum atomic E-state index is 12.6. The van der Waals surface area contributed by atoms with Gasteiger partial charge in [-0.05, 0) is 68.9 Å². The molecule has 0 saturated carbocycles. The van der Waals surface area contributed by atoms with E-state index in [1.807, 2.05) is 24.3 Å². The van der Waals surface area contributed by atoms with E-state index in [0.717, 1.165) is 51.5 Å². The van der Waals surface area contributed by atoms with Crippen molar-refractivity contribution in [3.63, 3.8) is 0 Å². The molecule has 0 radical (unpaired) electrons. The molecule has 1 aliphatic heterocycles. The molecule has 2 aromatic rings. The van der Waals surface area contributed by atoms with Crippen LogP contribution in [-0.2, 0) is 0 Å². The van der Waals surface area contributed by atoms with Crippen molar-refractivity contribution >= 4 is 23.0 Å². The number of nitrogens with zero attached hydrogens (tertiary/aromatic N) is 3. The van der Waals surface area contributed by atoms with E-state index in [4.69, 9.17) is 0 Å². The molecule has 0 aromatic heterocycles. The highest BCUT2D eigenvalue weighted by Gasteiger charge is 2.16. The fourth-order valence-electron chi connectivity index (χ4n) is 3.69. The van der Waals surface area contributed by atoms with Gasteiger partial charge in [-0.25, -0.2) is 0 Å². The van der Waals surface area contributed by atoms with Gasteiger partial charge in [0.1, 0.15) is 0 Å². The van der Waals surface area contributed by atoms with Gasteiger partial charge in [0.15, 0.2) is 0 Å². The van der Waals surface area contributed by atoms with Crippen molar-refractivity contribution in [2.24, 2.45) is 0 Å². The highest BCUT2D eigenvalue weighted by Crippen LogP contribution is 2.20. The molecule has 0 aliphatic carbocycles. The van der Waals surface area contributed by atoms with Crippen LogP contribution >= 0.6 is 0 Å². The fraction of sp³-hybridized carbons (Fsp3) is 0.435. The van der Waals surface area contributed by atoms with Crippen molar-refractivity contribution in [3.05, 3.63) is 54.1 Å². The lowest BCUT2D eigenvalue weighted by Gasteiger charge is -2.35. The molecule has 0 bridgehead atoms. The number of benzene rings is 2. The molecule has 0 unspecified atom stereocenters. The molecule has 3 rings (SSSR count). The van der Waals surface area contributed by atoms with Crippen LogP contribution in [0.15, 0.2) is 48.5 Å².